The molecule has 1 atom stereocenters. The van der Waals surface area contributed by atoms with E-state index in [1.807, 2.05) is 22.7 Å². The summed E-state index contributed by atoms with van der Waals surface area (Å²) in [6.45, 7) is 0. The molecule has 0 fully saturated rings. The minimum Gasteiger partial charge on any atom is -0.457 e. The van der Waals surface area contributed by atoms with Crippen molar-refractivity contribution in [2.24, 2.45) is 0 Å². The molecule has 1 aliphatic heterocycles. The van der Waals surface area contributed by atoms with Gasteiger partial charge in [0.2, 0.25) is 0 Å². The van der Waals surface area contributed by atoms with Crippen LogP contribution in [-0.4, -0.2) is 17.2 Å². The molecule has 0 radical (unpaired) electrons. The van der Waals surface area contributed by atoms with E-state index in [-0.39, 0.29) is 0 Å². The second-order valence-corrected chi connectivity index (χ2v) is 23.3. The van der Waals surface area contributed by atoms with Gasteiger partial charge in [-0.15, -0.1) is 22.7 Å². The Balaban J connectivity index is 1.06. The monoisotopic (exact) mass is 892 g/mol. The van der Waals surface area contributed by atoms with Crippen LogP contribution in [0.25, 0.3) is 95.3 Å². The van der Waals surface area contributed by atoms with E-state index in [2.05, 4.69) is 228 Å². The van der Waals surface area contributed by atoms with Crippen molar-refractivity contribution < 1.29 is 4.74 Å². The van der Waals surface area contributed by atoms with Crippen LogP contribution >= 0.6 is 22.7 Å². The number of nitrogens with zero attached hydrogens (tertiary/aromatic N) is 2. The van der Waals surface area contributed by atoms with Crippen molar-refractivity contribution in [3.63, 3.8) is 0 Å². The molecular weight excluding hydrogens is 857 g/mol. The Labute approximate surface area is 388 Å². The quantitative estimate of drug-likeness (QED) is 0.161. The van der Waals surface area contributed by atoms with Crippen molar-refractivity contribution in [3.05, 3.63) is 218 Å². The van der Waals surface area contributed by atoms with Crippen LogP contribution < -0.4 is 25.5 Å². The smallest absolute Gasteiger partial charge is 0.189 e. The number of ether oxygens (including phenoxy) is 1. The van der Waals surface area contributed by atoms with Gasteiger partial charge in [0.1, 0.15) is 11.5 Å². The van der Waals surface area contributed by atoms with Crippen LogP contribution in [0.3, 0.4) is 0 Å². The van der Waals surface area contributed by atoms with Crippen LogP contribution in [0.4, 0.5) is 0 Å². The maximum atomic E-state index is 7.25. The Morgan fingerprint density at radius 1 is 0.303 bits per heavy atom. The molecule has 0 amide bonds. The van der Waals surface area contributed by atoms with E-state index in [1.54, 1.807) is 0 Å². The molecule has 0 spiro atoms. The maximum Gasteiger partial charge on any atom is 0.189 e. The summed E-state index contributed by atoms with van der Waals surface area (Å²) in [4.78, 5) is 0. The Kier molecular flexibility index (Phi) is 7.56. The van der Waals surface area contributed by atoms with Gasteiger partial charge in [0.05, 0.1) is 22.1 Å². The van der Waals surface area contributed by atoms with E-state index in [0.717, 1.165) is 17.2 Å². The van der Waals surface area contributed by atoms with E-state index >= 15 is 0 Å². The second-order valence-electron chi connectivity index (χ2n) is 17.5. The van der Waals surface area contributed by atoms with E-state index in [1.165, 1.54) is 110 Å². The first-order valence-corrected chi connectivity index (χ1v) is 26.1. The molecule has 308 valence electrons. The summed E-state index contributed by atoms with van der Waals surface area (Å²) >= 11 is 3.80. The molecule has 1 aliphatic rings. The van der Waals surface area contributed by atoms with Crippen molar-refractivity contribution in [2.75, 3.05) is 0 Å². The lowest BCUT2D eigenvalue weighted by atomic mass is 10.1. The topological polar surface area (TPSA) is 19.1 Å². The molecule has 1 unspecified atom stereocenters. The van der Waals surface area contributed by atoms with Gasteiger partial charge in [-0.1, -0.05) is 146 Å². The molecule has 3 nitrogen and oxygen atoms in total. The van der Waals surface area contributed by atoms with Gasteiger partial charge in [0, 0.05) is 79.3 Å². The lowest BCUT2D eigenvalue weighted by Gasteiger charge is -2.40. The van der Waals surface area contributed by atoms with Crippen molar-refractivity contribution in [1.82, 2.24) is 9.13 Å². The Morgan fingerprint density at radius 2 is 0.727 bits per heavy atom. The largest absolute Gasteiger partial charge is 0.457 e. The molecule has 4 aromatic heterocycles. The highest BCUT2D eigenvalue weighted by molar-refractivity contribution is 7.29. The predicted molar refractivity (Wildman–Crippen MR) is 285 cm³/mol. The number of benzene rings is 10. The second kappa shape index (κ2) is 13.6. The SMILES string of the molecule is c1ccc2c(c1)Oc1cc(-n3c4ccccc4c4ccccc43)ccc1[Si]2(c1cccc2sc3ccccc3c12)c1cccc2sc3cc(-n4c5ccccc5c5ccccc54)ccc3c12. The van der Waals surface area contributed by atoms with Gasteiger partial charge in [-0.3, -0.25) is 0 Å². The minimum atomic E-state index is -3.25. The summed E-state index contributed by atoms with van der Waals surface area (Å²) in [5.41, 5.74) is 7.07. The van der Waals surface area contributed by atoms with E-state index < -0.39 is 8.07 Å². The third-order valence-corrected chi connectivity index (χ3v) is 21.4. The first kappa shape index (κ1) is 36.6. The molecule has 0 aliphatic carbocycles. The zero-order valence-electron chi connectivity index (χ0n) is 35.4. The minimum absolute atomic E-state index is 0.918. The van der Waals surface area contributed by atoms with Crippen LogP contribution in [0.5, 0.6) is 11.5 Å². The molecule has 6 heteroatoms. The van der Waals surface area contributed by atoms with Crippen LogP contribution in [0, 0.1) is 0 Å². The molecule has 5 heterocycles. The zero-order valence-corrected chi connectivity index (χ0v) is 38.0. The fraction of sp³-hybridized carbons (Fsp3) is 0. The summed E-state index contributed by atoms with van der Waals surface area (Å²) in [5.74, 6) is 1.85. The fourth-order valence-electron chi connectivity index (χ4n) is 11.7. The molecule has 0 saturated heterocycles. The number of rotatable bonds is 4. The summed E-state index contributed by atoms with van der Waals surface area (Å²) in [6.07, 6.45) is 0. The van der Waals surface area contributed by atoms with Crippen molar-refractivity contribution >= 4 is 135 Å². The number of hydrogen-bond acceptors (Lipinski definition) is 3. The van der Waals surface area contributed by atoms with Crippen molar-refractivity contribution in [2.45, 2.75) is 0 Å². The first-order chi connectivity index (χ1) is 32.7. The molecule has 0 saturated carbocycles. The van der Waals surface area contributed by atoms with Gasteiger partial charge < -0.3 is 13.9 Å². The number of thiophene rings is 2. The number of aromatic nitrogens is 2. The highest BCUT2D eigenvalue weighted by Gasteiger charge is 2.50. The number of hydrogen-bond donors (Lipinski definition) is 0. The highest BCUT2D eigenvalue weighted by atomic mass is 32.1. The van der Waals surface area contributed by atoms with Crippen molar-refractivity contribution in [3.8, 4) is 22.9 Å². The van der Waals surface area contributed by atoms with Crippen molar-refractivity contribution in [1.29, 1.82) is 0 Å². The Morgan fingerprint density at radius 3 is 1.33 bits per heavy atom. The standard InChI is InChI=1S/C60H36N2OS2Si/c1-6-20-45-39(15-1)40-16-2-7-21-46(40)61(45)37-32-34-56-50(35-37)63-49-24-10-12-28-55(49)66(56,57-29-13-26-52-59(57)43-19-5-11-25-51(43)64-52)58-30-14-27-53-60(58)44-33-31-38(36-54(44)65-53)62-47-22-8-3-17-41(47)42-18-4-9-23-48(42)62/h1-36H. The van der Waals surface area contributed by atoms with Crippen LogP contribution in [0.1, 0.15) is 0 Å². The lowest BCUT2D eigenvalue weighted by molar-refractivity contribution is 0.487. The lowest BCUT2D eigenvalue weighted by Crippen LogP contribution is -2.76. The molecule has 0 bridgehead atoms. The average Bonchev–Trinajstić information content (AvgIpc) is 4.13. The fourth-order valence-corrected chi connectivity index (χ4v) is 19.5. The van der Waals surface area contributed by atoms with E-state index in [4.69, 9.17) is 4.74 Å². The van der Waals surface area contributed by atoms with E-state index in [0.29, 0.717) is 0 Å². The first-order valence-electron chi connectivity index (χ1n) is 22.5. The van der Waals surface area contributed by atoms with Crippen LogP contribution in [0.2, 0.25) is 0 Å². The zero-order chi connectivity index (χ0) is 43.1. The van der Waals surface area contributed by atoms with Gasteiger partial charge in [-0.25, -0.2) is 0 Å². The summed E-state index contributed by atoms with van der Waals surface area (Å²) in [6, 6.07) is 81.5. The number of fused-ring (bicyclic) bond motifs is 14. The summed E-state index contributed by atoms with van der Waals surface area (Å²) in [7, 11) is -3.25. The third kappa shape index (κ3) is 4.85. The van der Waals surface area contributed by atoms with Crippen LogP contribution in [0.15, 0.2) is 218 Å². The molecule has 10 aromatic carbocycles. The predicted octanol–water partition coefficient (Wildman–Crippen LogP) is 14.1. The van der Waals surface area contributed by atoms with Gasteiger partial charge in [0.25, 0.3) is 0 Å². The molecule has 15 rings (SSSR count). The Hall–Kier alpha value is -7.74. The Bertz CT molecular complexity index is 4250. The number of para-hydroxylation sites is 5. The van der Waals surface area contributed by atoms with Gasteiger partial charge in [0.15, 0.2) is 8.07 Å². The van der Waals surface area contributed by atoms with Gasteiger partial charge in [-0.2, -0.15) is 0 Å². The average molecular weight is 893 g/mol. The molecular formula is C60H36N2OS2Si. The summed E-state index contributed by atoms with van der Waals surface area (Å²) in [5, 5.41) is 15.6. The molecule has 0 N–H and O–H groups in total. The third-order valence-electron chi connectivity index (χ3n) is 14.2. The normalized spacial score (nSPS) is 14.8. The van der Waals surface area contributed by atoms with Gasteiger partial charge >= 0.3 is 0 Å². The molecule has 66 heavy (non-hydrogen) atoms. The van der Waals surface area contributed by atoms with Crippen LogP contribution in [-0.2, 0) is 0 Å². The maximum absolute atomic E-state index is 7.25. The summed E-state index contributed by atoms with van der Waals surface area (Å²) < 4.78 is 17.3. The van der Waals surface area contributed by atoms with Gasteiger partial charge in [-0.05, 0) is 87.5 Å². The highest BCUT2D eigenvalue weighted by Crippen LogP contribution is 2.42. The molecule has 14 aromatic rings. The van der Waals surface area contributed by atoms with E-state index in [9.17, 15) is 0 Å².